The fourth-order valence-electron chi connectivity index (χ4n) is 2.29. The smallest absolute Gasteiger partial charge is 0.164 e. The number of aromatic amines is 1. The SMILES string of the molecule is O=C1CCCc2c1ccn2Cc1cnc[nH]1. The molecule has 0 fully saturated rings. The molecule has 0 aromatic carbocycles. The summed E-state index contributed by atoms with van der Waals surface area (Å²) in [5.74, 6) is 0.282. The molecule has 1 aliphatic rings. The number of hydrogen-bond acceptors (Lipinski definition) is 2. The Morgan fingerprint density at radius 2 is 2.38 bits per heavy atom. The van der Waals surface area contributed by atoms with Crippen LogP contribution in [0.1, 0.15) is 34.6 Å². The van der Waals surface area contributed by atoms with E-state index in [-0.39, 0.29) is 5.78 Å². The summed E-state index contributed by atoms with van der Waals surface area (Å²) in [5.41, 5.74) is 3.15. The molecule has 0 saturated carbocycles. The second kappa shape index (κ2) is 3.63. The quantitative estimate of drug-likeness (QED) is 0.830. The van der Waals surface area contributed by atoms with E-state index in [0.29, 0.717) is 6.42 Å². The molecule has 3 rings (SSSR count). The van der Waals surface area contributed by atoms with Crippen LogP contribution in [0.15, 0.2) is 24.8 Å². The van der Waals surface area contributed by atoms with Gasteiger partial charge in [0.05, 0.1) is 18.6 Å². The minimum atomic E-state index is 0.282. The Hall–Kier alpha value is -1.84. The standard InChI is InChI=1S/C12H13N3O/c16-12-3-1-2-11-10(12)4-5-15(11)7-9-6-13-8-14-9/h4-6,8H,1-3,7H2,(H,13,14). The number of imidazole rings is 1. The summed E-state index contributed by atoms with van der Waals surface area (Å²) in [6.45, 7) is 0.766. The Labute approximate surface area is 93.3 Å². The molecule has 4 nitrogen and oxygen atoms in total. The van der Waals surface area contributed by atoms with Gasteiger partial charge in [0.2, 0.25) is 0 Å². The average molecular weight is 215 g/mol. The Balaban J connectivity index is 1.94. The third-order valence-electron chi connectivity index (χ3n) is 3.09. The van der Waals surface area contributed by atoms with E-state index < -0.39 is 0 Å². The summed E-state index contributed by atoms with van der Waals surface area (Å²) in [4.78, 5) is 18.7. The van der Waals surface area contributed by atoms with Crippen molar-refractivity contribution >= 4 is 5.78 Å². The van der Waals surface area contributed by atoms with E-state index in [4.69, 9.17) is 0 Å². The van der Waals surface area contributed by atoms with Gasteiger partial charge in [-0.05, 0) is 18.9 Å². The summed E-state index contributed by atoms with van der Waals surface area (Å²) in [6, 6.07) is 1.94. The van der Waals surface area contributed by atoms with E-state index >= 15 is 0 Å². The molecule has 82 valence electrons. The van der Waals surface area contributed by atoms with Gasteiger partial charge in [-0.3, -0.25) is 4.79 Å². The molecule has 0 aliphatic heterocycles. The maximum absolute atomic E-state index is 11.7. The van der Waals surface area contributed by atoms with Gasteiger partial charge in [-0.2, -0.15) is 0 Å². The van der Waals surface area contributed by atoms with Crippen LogP contribution in [0.25, 0.3) is 0 Å². The van der Waals surface area contributed by atoms with Crippen LogP contribution in [0.2, 0.25) is 0 Å². The molecule has 2 aromatic heterocycles. The first-order valence-electron chi connectivity index (χ1n) is 5.53. The molecule has 4 heteroatoms. The zero-order valence-corrected chi connectivity index (χ0v) is 8.94. The molecule has 0 unspecified atom stereocenters. The van der Waals surface area contributed by atoms with Gasteiger partial charge >= 0.3 is 0 Å². The molecule has 0 radical (unpaired) electrons. The maximum atomic E-state index is 11.7. The highest BCUT2D eigenvalue weighted by Crippen LogP contribution is 2.22. The maximum Gasteiger partial charge on any atom is 0.164 e. The van der Waals surface area contributed by atoms with Crippen LogP contribution in [0.5, 0.6) is 0 Å². The molecule has 2 heterocycles. The number of H-pyrrole nitrogens is 1. The number of carbonyl (C=O) groups is 1. The van der Waals surface area contributed by atoms with Gasteiger partial charge in [0.1, 0.15) is 0 Å². The molecule has 16 heavy (non-hydrogen) atoms. The summed E-state index contributed by atoms with van der Waals surface area (Å²) >= 11 is 0. The van der Waals surface area contributed by atoms with Crippen LogP contribution >= 0.6 is 0 Å². The number of hydrogen-bond donors (Lipinski definition) is 1. The van der Waals surface area contributed by atoms with Gasteiger partial charge < -0.3 is 9.55 Å². The monoisotopic (exact) mass is 215 g/mol. The third kappa shape index (κ3) is 1.46. The zero-order valence-electron chi connectivity index (χ0n) is 8.94. The number of rotatable bonds is 2. The number of carbonyl (C=O) groups excluding carboxylic acids is 1. The lowest BCUT2D eigenvalue weighted by molar-refractivity contribution is 0.0972. The van der Waals surface area contributed by atoms with Crippen molar-refractivity contribution in [3.63, 3.8) is 0 Å². The lowest BCUT2D eigenvalue weighted by Gasteiger charge is -2.14. The summed E-state index contributed by atoms with van der Waals surface area (Å²) in [6.07, 6.45) is 8.16. The fraction of sp³-hybridized carbons (Fsp3) is 0.333. The highest BCUT2D eigenvalue weighted by Gasteiger charge is 2.20. The van der Waals surface area contributed by atoms with E-state index in [9.17, 15) is 4.79 Å². The minimum absolute atomic E-state index is 0.282. The molecule has 0 atom stereocenters. The van der Waals surface area contributed by atoms with E-state index in [0.717, 1.165) is 30.6 Å². The van der Waals surface area contributed by atoms with Gasteiger partial charge in [0, 0.05) is 30.1 Å². The van der Waals surface area contributed by atoms with Crippen molar-refractivity contribution in [1.29, 1.82) is 0 Å². The topological polar surface area (TPSA) is 50.7 Å². The summed E-state index contributed by atoms with van der Waals surface area (Å²) in [5, 5.41) is 0. The second-order valence-electron chi connectivity index (χ2n) is 4.16. The second-order valence-corrected chi connectivity index (χ2v) is 4.16. The third-order valence-corrected chi connectivity index (χ3v) is 3.09. The number of fused-ring (bicyclic) bond motifs is 1. The van der Waals surface area contributed by atoms with Crippen molar-refractivity contribution in [3.05, 3.63) is 41.7 Å². The molecule has 0 bridgehead atoms. The van der Waals surface area contributed by atoms with Crippen molar-refractivity contribution in [2.45, 2.75) is 25.8 Å². The van der Waals surface area contributed by atoms with Crippen molar-refractivity contribution in [2.75, 3.05) is 0 Å². The highest BCUT2D eigenvalue weighted by atomic mass is 16.1. The number of Topliss-reactive ketones (excluding diaryl/α,β-unsaturated/α-hetero) is 1. The molecule has 0 saturated heterocycles. The van der Waals surface area contributed by atoms with Crippen LogP contribution < -0.4 is 0 Å². The first kappa shape index (κ1) is 9.39. The Morgan fingerprint density at radius 3 is 3.19 bits per heavy atom. The lowest BCUT2D eigenvalue weighted by atomic mass is 9.97. The summed E-state index contributed by atoms with van der Waals surface area (Å²) in [7, 11) is 0. The molecule has 1 aliphatic carbocycles. The number of nitrogens with one attached hydrogen (secondary N) is 1. The number of aromatic nitrogens is 3. The van der Waals surface area contributed by atoms with E-state index in [1.165, 1.54) is 5.69 Å². The van der Waals surface area contributed by atoms with E-state index in [1.807, 2.05) is 18.5 Å². The van der Waals surface area contributed by atoms with Crippen molar-refractivity contribution < 1.29 is 4.79 Å². The average Bonchev–Trinajstić information content (AvgIpc) is 2.90. The van der Waals surface area contributed by atoms with Gasteiger partial charge in [0.15, 0.2) is 5.78 Å². The Kier molecular flexibility index (Phi) is 2.13. The molecular formula is C12H13N3O. The normalized spacial score (nSPS) is 15.1. The summed E-state index contributed by atoms with van der Waals surface area (Å²) < 4.78 is 2.14. The van der Waals surface area contributed by atoms with Gasteiger partial charge in [-0.25, -0.2) is 4.98 Å². The van der Waals surface area contributed by atoms with Crippen molar-refractivity contribution in [2.24, 2.45) is 0 Å². The molecule has 0 amide bonds. The molecule has 0 spiro atoms. The van der Waals surface area contributed by atoms with Crippen molar-refractivity contribution in [1.82, 2.24) is 14.5 Å². The van der Waals surface area contributed by atoms with Crippen LogP contribution in [0, 0.1) is 0 Å². The minimum Gasteiger partial charge on any atom is -0.347 e. The lowest BCUT2D eigenvalue weighted by Crippen LogP contribution is -2.13. The molecule has 2 aromatic rings. The number of ketones is 1. The Morgan fingerprint density at radius 1 is 1.44 bits per heavy atom. The predicted octanol–water partition coefficient (Wildman–Crippen LogP) is 1.78. The molecule has 1 N–H and O–H groups in total. The number of nitrogens with zero attached hydrogens (tertiary/aromatic N) is 2. The largest absolute Gasteiger partial charge is 0.347 e. The van der Waals surface area contributed by atoms with E-state index in [2.05, 4.69) is 14.5 Å². The van der Waals surface area contributed by atoms with Gasteiger partial charge in [-0.1, -0.05) is 0 Å². The van der Waals surface area contributed by atoms with Crippen molar-refractivity contribution in [3.8, 4) is 0 Å². The molecular weight excluding hydrogens is 202 g/mol. The van der Waals surface area contributed by atoms with Crippen LogP contribution in [-0.2, 0) is 13.0 Å². The zero-order chi connectivity index (χ0) is 11.0. The van der Waals surface area contributed by atoms with Crippen LogP contribution in [0.4, 0.5) is 0 Å². The Bertz CT molecular complexity index is 510. The first-order valence-corrected chi connectivity index (χ1v) is 5.53. The fourth-order valence-corrected chi connectivity index (χ4v) is 2.29. The van der Waals surface area contributed by atoms with Crippen LogP contribution in [-0.4, -0.2) is 20.3 Å². The van der Waals surface area contributed by atoms with Gasteiger partial charge in [0.25, 0.3) is 0 Å². The predicted molar refractivity (Wildman–Crippen MR) is 59.4 cm³/mol. The van der Waals surface area contributed by atoms with E-state index in [1.54, 1.807) is 6.33 Å². The first-order chi connectivity index (χ1) is 7.84. The van der Waals surface area contributed by atoms with Gasteiger partial charge in [-0.15, -0.1) is 0 Å². The van der Waals surface area contributed by atoms with Crippen LogP contribution in [0.3, 0.4) is 0 Å². The highest BCUT2D eigenvalue weighted by molar-refractivity contribution is 5.98.